The Hall–Kier alpha value is -0.900. The Morgan fingerprint density at radius 3 is 2.93 bits per heavy atom. The predicted octanol–water partition coefficient (Wildman–Crippen LogP) is 2.35. The van der Waals surface area contributed by atoms with Gasteiger partial charge in [0.05, 0.1) is 5.69 Å². The van der Waals surface area contributed by atoms with E-state index in [1.807, 2.05) is 0 Å². The number of rotatable bonds is 3. The van der Waals surface area contributed by atoms with Gasteiger partial charge in [0, 0.05) is 11.9 Å². The van der Waals surface area contributed by atoms with Crippen molar-refractivity contribution in [1.82, 2.24) is 9.97 Å². The van der Waals surface area contributed by atoms with Crippen molar-refractivity contribution in [3.05, 3.63) is 17.8 Å². The minimum atomic E-state index is -0.362. The van der Waals surface area contributed by atoms with Crippen LogP contribution in [-0.2, 0) is 0 Å². The molecule has 2 rings (SSSR count). The van der Waals surface area contributed by atoms with Crippen LogP contribution in [0.1, 0.15) is 18.5 Å². The Bertz CT molecular complexity index is 353. The molecule has 0 spiro atoms. The van der Waals surface area contributed by atoms with Gasteiger partial charge in [-0.3, -0.25) is 0 Å². The molecule has 0 atom stereocenters. The van der Waals surface area contributed by atoms with Crippen molar-refractivity contribution in [2.75, 3.05) is 11.9 Å². The summed E-state index contributed by atoms with van der Waals surface area (Å²) in [4.78, 5) is 7.62. The van der Waals surface area contributed by atoms with E-state index in [9.17, 15) is 4.39 Å². The molecule has 1 saturated carbocycles. The molecule has 0 amide bonds. The molecule has 1 fully saturated rings. The SMILES string of the molecule is Cc1ncnc(NCC2CC(Cl)C2)c1F. The molecular weight excluding hydrogens is 217 g/mol. The third-order valence-electron chi connectivity index (χ3n) is 2.70. The number of anilines is 1. The standard InChI is InChI=1S/C10H13ClFN3/c1-6-9(12)10(15-5-14-6)13-4-7-2-8(11)3-7/h5,7-8H,2-4H2,1H3,(H,13,14,15). The molecule has 15 heavy (non-hydrogen) atoms. The van der Waals surface area contributed by atoms with E-state index in [1.165, 1.54) is 6.33 Å². The van der Waals surface area contributed by atoms with Crippen molar-refractivity contribution >= 4 is 17.4 Å². The third-order valence-corrected chi connectivity index (χ3v) is 3.06. The van der Waals surface area contributed by atoms with Gasteiger partial charge in [0.25, 0.3) is 0 Å². The second-order valence-electron chi connectivity index (χ2n) is 3.94. The van der Waals surface area contributed by atoms with Crippen LogP contribution in [-0.4, -0.2) is 21.9 Å². The Morgan fingerprint density at radius 1 is 1.53 bits per heavy atom. The second-order valence-corrected chi connectivity index (χ2v) is 4.55. The zero-order valence-electron chi connectivity index (χ0n) is 8.50. The molecule has 1 aliphatic rings. The van der Waals surface area contributed by atoms with Crippen molar-refractivity contribution < 1.29 is 4.39 Å². The minimum absolute atomic E-state index is 0.292. The molecule has 0 aromatic carbocycles. The minimum Gasteiger partial charge on any atom is -0.367 e. The summed E-state index contributed by atoms with van der Waals surface area (Å²) in [5.74, 6) is 0.474. The molecule has 0 unspecified atom stereocenters. The molecule has 1 N–H and O–H groups in total. The normalized spacial score (nSPS) is 24.7. The quantitative estimate of drug-likeness (QED) is 0.809. The van der Waals surface area contributed by atoms with Crippen molar-refractivity contribution in [3.8, 4) is 0 Å². The van der Waals surface area contributed by atoms with Gasteiger partial charge in [-0.15, -0.1) is 11.6 Å². The van der Waals surface area contributed by atoms with Crippen LogP contribution in [0.4, 0.5) is 10.2 Å². The fourth-order valence-corrected chi connectivity index (χ4v) is 2.15. The molecule has 3 nitrogen and oxygen atoms in total. The van der Waals surface area contributed by atoms with Crippen molar-refractivity contribution in [1.29, 1.82) is 0 Å². The first kappa shape index (κ1) is 10.6. The van der Waals surface area contributed by atoms with Crippen LogP contribution in [0.3, 0.4) is 0 Å². The van der Waals surface area contributed by atoms with Crippen LogP contribution in [0.2, 0.25) is 0 Å². The summed E-state index contributed by atoms with van der Waals surface area (Å²) >= 11 is 5.85. The molecule has 0 aliphatic heterocycles. The summed E-state index contributed by atoms with van der Waals surface area (Å²) < 4.78 is 13.4. The molecule has 0 saturated heterocycles. The second kappa shape index (κ2) is 4.31. The predicted molar refractivity (Wildman–Crippen MR) is 57.6 cm³/mol. The number of halogens is 2. The first-order valence-corrected chi connectivity index (χ1v) is 5.45. The van der Waals surface area contributed by atoms with Crippen LogP contribution >= 0.6 is 11.6 Å². The molecule has 1 aliphatic carbocycles. The Morgan fingerprint density at radius 2 is 2.27 bits per heavy atom. The van der Waals surface area contributed by atoms with Gasteiger partial charge in [0.2, 0.25) is 0 Å². The van der Waals surface area contributed by atoms with Gasteiger partial charge in [-0.05, 0) is 25.7 Å². The average Bonchev–Trinajstić information content (AvgIpc) is 2.17. The summed E-state index contributed by atoms with van der Waals surface area (Å²) in [5, 5.41) is 3.29. The van der Waals surface area contributed by atoms with E-state index < -0.39 is 0 Å². The molecule has 1 heterocycles. The van der Waals surface area contributed by atoms with E-state index in [0.29, 0.717) is 22.8 Å². The highest BCUT2D eigenvalue weighted by Gasteiger charge is 2.27. The lowest BCUT2D eigenvalue weighted by Gasteiger charge is -2.31. The number of alkyl halides is 1. The largest absolute Gasteiger partial charge is 0.367 e. The summed E-state index contributed by atoms with van der Waals surface area (Å²) in [5.41, 5.74) is 0.372. The van der Waals surface area contributed by atoms with Gasteiger partial charge in [-0.2, -0.15) is 0 Å². The molecule has 1 aromatic rings. The van der Waals surface area contributed by atoms with Crippen LogP contribution in [0.15, 0.2) is 6.33 Å². The summed E-state index contributed by atoms with van der Waals surface area (Å²) in [7, 11) is 0. The van der Waals surface area contributed by atoms with E-state index in [-0.39, 0.29) is 5.82 Å². The number of hydrogen-bond donors (Lipinski definition) is 1. The first-order chi connectivity index (χ1) is 7.16. The number of aromatic nitrogens is 2. The van der Waals surface area contributed by atoms with Gasteiger partial charge < -0.3 is 5.32 Å². The monoisotopic (exact) mass is 229 g/mol. The highest BCUT2D eigenvalue weighted by molar-refractivity contribution is 6.21. The van der Waals surface area contributed by atoms with Crippen molar-refractivity contribution in [2.24, 2.45) is 5.92 Å². The number of nitrogens with one attached hydrogen (secondary N) is 1. The van der Waals surface area contributed by atoms with E-state index in [1.54, 1.807) is 6.92 Å². The molecular formula is C10H13ClFN3. The fourth-order valence-electron chi connectivity index (χ4n) is 1.64. The highest BCUT2D eigenvalue weighted by atomic mass is 35.5. The Balaban J connectivity index is 1.91. The Kier molecular flexibility index (Phi) is 3.05. The van der Waals surface area contributed by atoms with E-state index in [2.05, 4.69) is 15.3 Å². The van der Waals surface area contributed by atoms with E-state index >= 15 is 0 Å². The molecule has 1 aromatic heterocycles. The topological polar surface area (TPSA) is 37.8 Å². The zero-order chi connectivity index (χ0) is 10.8. The van der Waals surface area contributed by atoms with Crippen LogP contribution < -0.4 is 5.32 Å². The van der Waals surface area contributed by atoms with Crippen LogP contribution in [0, 0.1) is 18.7 Å². The van der Waals surface area contributed by atoms with Gasteiger partial charge >= 0.3 is 0 Å². The summed E-state index contributed by atoms with van der Waals surface area (Å²) in [6, 6.07) is 0. The van der Waals surface area contributed by atoms with Crippen molar-refractivity contribution in [2.45, 2.75) is 25.1 Å². The maximum atomic E-state index is 13.4. The van der Waals surface area contributed by atoms with Gasteiger partial charge in [0.1, 0.15) is 6.33 Å². The smallest absolute Gasteiger partial charge is 0.186 e. The molecule has 5 heteroatoms. The van der Waals surface area contributed by atoms with Crippen LogP contribution in [0.25, 0.3) is 0 Å². The van der Waals surface area contributed by atoms with E-state index in [4.69, 9.17) is 11.6 Å². The fraction of sp³-hybridized carbons (Fsp3) is 0.600. The summed E-state index contributed by atoms with van der Waals surface area (Å²) in [6.45, 7) is 2.36. The summed E-state index contributed by atoms with van der Waals surface area (Å²) in [6.07, 6.45) is 3.37. The number of nitrogens with zero attached hydrogens (tertiary/aromatic N) is 2. The number of hydrogen-bond acceptors (Lipinski definition) is 3. The molecule has 0 bridgehead atoms. The zero-order valence-corrected chi connectivity index (χ0v) is 9.26. The molecule has 82 valence electrons. The maximum Gasteiger partial charge on any atom is 0.186 e. The van der Waals surface area contributed by atoms with Gasteiger partial charge in [0.15, 0.2) is 11.6 Å². The average molecular weight is 230 g/mol. The van der Waals surface area contributed by atoms with Gasteiger partial charge in [-0.1, -0.05) is 0 Å². The van der Waals surface area contributed by atoms with Crippen LogP contribution in [0.5, 0.6) is 0 Å². The lowest BCUT2D eigenvalue weighted by atomic mass is 9.85. The lowest BCUT2D eigenvalue weighted by molar-refractivity contribution is 0.340. The Labute approximate surface area is 93.1 Å². The highest BCUT2D eigenvalue weighted by Crippen LogP contribution is 2.31. The van der Waals surface area contributed by atoms with Gasteiger partial charge in [-0.25, -0.2) is 14.4 Å². The molecule has 0 radical (unpaired) electrons. The van der Waals surface area contributed by atoms with E-state index in [0.717, 1.165) is 19.4 Å². The number of aryl methyl sites for hydroxylation is 1. The van der Waals surface area contributed by atoms with Crippen molar-refractivity contribution in [3.63, 3.8) is 0 Å². The maximum absolute atomic E-state index is 13.4. The third kappa shape index (κ3) is 2.37. The lowest BCUT2D eigenvalue weighted by Crippen LogP contribution is -2.30. The first-order valence-electron chi connectivity index (χ1n) is 5.02.